The van der Waals surface area contributed by atoms with Gasteiger partial charge >= 0.3 is 0 Å². The number of aromatic nitrogens is 4. The van der Waals surface area contributed by atoms with Crippen molar-refractivity contribution in [3.8, 4) is 11.4 Å². The molecular formula is C24H27FN4O2S. The van der Waals surface area contributed by atoms with Crippen LogP contribution in [0.2, 0.25) is 0 Å². The number of benzene rings is 1. The molecule has 1 atom stereocenters. The number of hydrogen-bond donors (Lipinski definition) is 0. The van der Waals surface area contributed by atoms with Crippen LogP contribution in [0.15, 0.2) is 48.1 Å². The lowest BCUT2D eigenvalue weighted by atomic mass is 10.2. The maximum Gasteiger partial charge on any atom is 0.192 e. The Balaban J connectivity index is 1.56. The fourth-order valence-electron chi connectivity index (χ4n) is 4.07. The summed E-state index contributed by atoms with van der Waals surface area (Å²) in [7, 11) is 0. The fourth-order valence-corrected chi connectivity index (χ4v) is 4.90. The lowest BCUT2D eigenvalue weighted by molar-refractivity contribution is 0.0953. The van der Waals surface area contributed by atoms with E-state index in [0.717, 1.165) is 42.0 Å². The number of allylic oxidation sites excluding steroid dienone is 1. The zero-order valence-electron chi connectivity index (χ0n) is 18.4. The summed E-state index contributed by atoms with van der Waals surface area (Å²) >= 11 is 1.37. The third-order valence-electron chi connectivity index (χ3n) is 5.75. The molecular weight excluding hydrogens is 427 g/mol. The molecule has 1 aliphatic rings. The number of ketones is 1. The van der Waals surface area contributed by atoms with E-state index in [1.54, 1.807) is 12.1 Å². The Hall–Kier alpha value is -2.71. The van der Waals surface area contributed by atoms with Crippen LogP contribution in [-0.4, -0.2) is 43.6 Å². The molecule has 1 saturated heterocycles. The molecule has 6 nitrogen and oxygen atoms in total. The number of carbonyl (C=O) groups excluding carboxylic acids is 1. The van der Waals surface area contributed by atoms with Crippen molar-refractivity contribution in [1.82, 2.24) is 19.3 Å². The van der Waals surface area contributed by atoms with Crippen LogP contribution in [0.25, 0.3) is 11.4 Å². The average molecular weight is 455 g/mol. The molecule has 3 heterocycles. The van der Waals surface area contributed by atoms with Crippen LogP contribution < -0.4 is 0 Å². The topological polar surface area (TPSA) is 61.9 Å². The Morgan fingerprint density at radius 1 is 1.28 bits per heavy atom. The van der Waals surface area contributed by atoms with Gasteiger partial charge in [-0.05, 0) is 57.0 Å². The molecule has 0 amide bonds. The molecule has 0 radical (unpaired) electrons. The Bertz CT molecular complexity index is 1110. The normalized spacial score (nSPS) is 15.9. The lowest BCUT2D eigenvalue weighted by Gasteiger charge is -2.14. The highest BCUT2D eigenvalue weighted by atomic mass is 32.2. The fraction of sp³-hybridized carbons (Fsp3) is 0.375. The van der Waals surface area contributed by atoms with Crippen molar-refractivity contribution in [3.63, 3.8) is 0 Å². The van der Waals surface area contributed by atoms with Gasteiger partial charge in [0.2, 0.25) is 0 Å². The number of carbonyl (C=O) groups is 1. The van der Waals surface area contributed by atoms with Crippen LogP contribution in [0.1, 0.15) is 34.6 Å². The molecule has 0 unspecified atom stereocenters. The van der Waals surface area contributed by atoms with Crippen LogP contribution >= 0.6 is 11.8 Å². The van der Waals surface area contributed by atoms with E-state index in [0.29, 0.717) is 24.1 Å². The predicted octanol–water partition coefficient (Wildman–Crippen LogP) is 4.84. The summed E-state index contributed by atoms with van der Waals surface area (Å²) in [6.07, 6.45) is 3.91. The van der Waals surface area contributed by atoms with E-state index < -0.39 is 0 Å². The van der Waals surface area contributed by atoms with Crippen molar-refractivity contribution in [2.24, 2.45) is 0 Å². The SMILES string of the molecule is C=CCn1c(C)cc(C(=O)CSc2nnc(-c3ccc(F)cc3)n2C[C@@H]2CCCO2)c1C. The van der Waals surface area contributed by atoms with Crippen LogP contribution in [0.5, 0.6) is 0 Å². The monoisotopic (exact) mass is 454 g/mol. The molecule has 2 aromatic heterocycles. The average Bonchev–Trinajstić information content (AvgIpc) is 3.50. The summed E-state index contributed by atoms with van der Waals surface area (Å²) in [4.78, 5) is 13.0. The molecule has 1 aliphatic heterocycles. The van der Waals surface area contributed by atoms with Gasteiger partial charge < -0.3 is 9.30 Å². The number of hydrogen-bond acceptors (Lipinski definition) is 5. The van der Waals surface area contributed by atoms with Gasteiger partial charge in [0.15, 0.2) is 16.8 Å². The largest absolute Gasteiger partial charge is 0.376 e. The number of rotatable bonds is 9. The molecule has 1 aromatic carbocycles. The van der Waals surface area contributed by atoms with Gasteiger partial charge in [0.1, 0.15) is 5.82 Å². The van der Waals surface area contributed by atoms with E-state index in [4.69, 9.17) is 4.74 Å². The molecule has 0 bridgehead atoms. The minimum atomic E-state index is -0.298. The zero-order chi connectivity index (χ0) is 22.7. The molecule has 1 fully saturated rings. The quantitative estimate of drug-likeness (QED) is 0.263. The third kappa shape index (κ3) is 4.71. The van der Waals surface area contributed by atoms with E-state index in [1.165, 1.54) is 23.9 Å². The molecule has 8 heteroatoms. The standard InChI is InChI=1S/C24H27FN4O2S/c1-4-11-28-16(2)13-21(17(28)3)22(30)15-32-24-27-26-23(18-7-9-19(25)10-8-18)29(24)14-20-6-5-12-31-20/h4,7-10,13,20H,1,5-6,11-12,14-15H2,2-3H3/t20-/m0/s1. The van der Waals surface area contributed by atoms with Crippen molar-refractivity contribution < 1.29 is 13.9 Å². The first-order valence-electron chi connectivity index (χ1n) is 10.7. The molecule has 0 aliphatic carbocycles. The first kappa shape index (κ1) is 22.5. The summed E-state index contributed by atoms with van der Waals surface area (Å²) in [6, 6.07) is 8.15. The van der Waals surface area contributed by atoms with Crippen molar-refractivity contribution >= 4 is 17.5 Å². The highest BCUT2D eigenvalue weighted by Gasteiger charge is 2.23. The molecule has 0 saturated carbocycles. The maximum absolute atomic E-state index is 13.4. The van der Waals surface area contributed by atoms with Gasteiger partial charge in [-0.3, -0.25) is 9.36 Å². The van der Waals surface area contributed by atoms with E-state index in [9.17, 15) is 9.18 Å². The van der Waals surface area contributed by atoms with Gasteiger partial charge in [0.25, 0.3) is 0 Å². The zero-order valence-corrected chi connectivity index (χ0v) is 19.2. The van der Waals surface area contributed by atoms with Crippen molar-refractivity contribution in [2.45, 2.75) is 51.0 Å². The summed E-state index contributed by atoms with van der Waals surface area (Å²) in [5, 5.41) is 9.37. The maximum atomic E-state index is 13.4. The van der Waals surface area contributed by atoms with Gasteiger partial charge in [-0.1, -0.05) is 17.8 Å². The van der Waals surface area contributed by atoms with Crippen LogP contribution in [0.4, 0.5) is 4.39 Å². The van der Waals surface area contributed by atoms with Gasteiger partial charge in [-0.25, -0.2) is 4.39 Å². The van der Waals surface area contributed by atoms with Crippen molar-refractivity contribution in [2.75, 3.05) is 12.4 Å². The van der Waals surface area contributed by atoms with Gasteiger partial charge in [0.05, 0.1) is 18.4 Å². The second kappa shape index (κ2) is 9.83. The smallest absolute Gasteiger partial charge is 0.192 e. The minimum absolute atomic E-state index is 0.0495. The van der Waals surface area contributed by atoms with Crippen LogP contribution in [0.3, 0.4) is 0 Å². The summed E-state index contributed by atoms with van der Waals surface area (Å²) in [5.41, 5.74) is 3.49. The Morgan fingerprint density at radius 2 is 2.06 bits per heavy atom. The lowest BCUT2D eigenvalue weighted by Crippen LogP contribution is -2.17. The Morgan fingerprint density at radius 3 is 2.75 bits per heavy atom. The molecule has 3 aromatic rings. The van der Waals surface area contributed by atoms with E-state index in [-0.39, 0.29) is 23.5 Å². The first-order valence-corrected chi connectivity index (χ1v) is 11.7. The van der Waals surface area contributed by atoms with Crippen LogP contribution in [0, 0.1) is 19.7 Å². The summed E-state index contributed by atoms with van der Waals surface area (Å²) in [5.74, 6) is 0.659. The highest BCUT2D eigenvalue weighted by Crippen LogP contribution is 2.28. The van der Waals surface area contributed by atoms with Gasteiger partial charge in [0, 0.05) is 35.7 Å². The van der Waals surface area contributed by atoms with E-state index in [1.807, 2.05) is 30.6 Å². The second-order valence-electron chi connectivity index (χ2n) is 7.95. The third-order valence-corrected chi connectivity index (χ3v) is 6.71. The summed E-state index contributed by atoms with van der Waals surface area (Å²) < 4.78 is 23.3. The van der Waals surface area contributed by atoms with Crippen molar-refractivity contribution in [1.29, 1.82) is 0 Å². The number of nitrogens with zero attached hydrogens (tertiary/aromatic N) is 4. The molecule has 0 spiro atoms. The molecule has 0 N–H and O–H groups in total. The number of thioether (sulfide) groups is 1. The first-order chi connectivity index (χ1) is 15.5. The van der Waals surface area contributed by atoms with E-state index >= 15 is 0 Å². The van der Waals surface area contributed by atoms with Gasteiger partial charge in [-0.2, -0.15) is 0 Å². The van der Waals surface area contributed by atoms with Gasteiger partial charge in [-0.15, -0.1) is 16.8 Å². The minimum Gasteiger partial charge on any atom is -0.376 e. The number of halogens is 1. The Kier molecular flexibility index (Phi) is 6.91. The van der Waals surface area contributed by atoms with Crippen molar-refractivity contribution in [3.05, 3.63) is 65.8 Å². The number of Topliss-reactive ketones (excluding diaryl/α,β-unsaturated/α-hetero) is 1. The predicted molar refractivity (Wildman–Crippen MR) is 124 cm³/mol. The summed E-state index contributed by atoms with van der Waals surface area (Å²) in [6.45, 7) is 9.77. The number of aryl methyl sites for hydroxylation is 1. The van der Waals surface area contributed by atoms with Crippen LogP contribution in [-0.2, 0) is 17.8 Å². The Labute approximate surface area is 191 Å². The highest BCUT2D eigenvalue weighted by molar-refractivity contribution is 7.99. The molecule has 32 heavy (non-hydrogen) atoms. The van der Waals surface area contributed by atoms with E-state index in [2.05, 4.69) is 21.3 Å². The second-order valence-corrected chi connectivity index (χ2v) is 8.90. The number of ether oxygens (including phenoxy) is 1. The molecule has 168 valence electrons. The molecule has 4 rings (SSSR count).